The summed E-state index contributed by atoms with van der Waals surface area (Å²) in [6.45, 7) is 0.231. The fourth-order valence-electron chi connectivity index (χ4n) is 1.57. The maximum Gasteiger partial charge on any atom is 0.328 e. The van der Waals surface area contributed by atoms with Gasteiger partial charge >= 0.3 is 11.7 Å². The van der Waals surface area contributed by atoms with Crippen LogP contribution in [0.15, 0.2) is 21.9 Å². The first-order valence-corrected chi connectivity index (χ1v) is 6.47. The van der Waals surface area contributed by atoms with E-state index in [2.05, 4.69) is 5.32 Å². The number of carboxylic acids is 1. The molecule has 0 aromatic carbocycles. The maximum atomic E-state index is 11.6. The zero-order chi connectivity index (χ0) is 17.6. The first-order valence-electron chi connectivity index (χ1n) is 6.47. The highest BCUT2D eigenvalue weighted by Gasteiger charge is 2.24. The lowest BCUT2D eigenvalue weighted by Gasteiger charge is -2.17. The van der Waals surface area contributed by atoms with E-state index in [4.69, 9.17) is 5.11 Å². The highest BCUT2D eigenvalue weighted by molar-refractivity contribution is 5.88. The molecule has 0 radical (unpaired) electrons. The van der Waals surface area contributed by atoms with Crippen molar-refractivity contribution in [2.75, 3.05) is 6.54 Å². The van der Waals surface area contributed by atoms with Crippen molar-refractivity contribution in [3.05, 3.63) is 33.1 Å². The van der Waals surface area contributed by atoms with E-state index in [1.807, 2.05) is 10.3 Å². The molecular weight excluding hydrogens is 312 g/mol. The lowest BCUT2D eigenvalue weighted by atomic mass is 10.2. The van der Waals surface area contributed by atoms with Crippen LogP contribution in [0.1, 0.15) is 6.92 Å². The second kappa shape index (κ2) is 7.89. The second-order valence-electron chi connectivity index (χ2n) is 4.64. The van der Waals surface area contributed by atoms with E-state index in [0.717, 1.165) is 16.8 Å². The van der Waals surface area contributed by atoms with Crippen molar-refractivity contribution in [1.29, 1.82) is 0 Å². The number of aliphatic hydroxyl groups is 1. The fraction of sp³-hybridized carbons (Fsp3) is 0.417. The van der Waals surface area contributed by atoms with Crippen LogP contribution in [0.3, 0.4) is 0 Å². The van der Waals surface area contributed by atoms with Gasteiger partial charge in [0.2, 0.25) is 11.8 Å². The molecule has 0 fully saturated rings. The van der Waals surface area contributed by atoms with Gasteiger partial charge in [-0.25, -0.2) is 9.59 Å². The molecule has 0 aliphatic rings. The van der Waals surface area contributed by atoms with Crippen LogP contribution in [-0.2, 0) is 20.9 Å². The van der Waals surface area contributed by atoms with Crippen molar-refractivity contribution < 1.29 is 24.6 Å². The van der Waals surface area contributed by atoms with Crippen molar-refractivity contribution in [3.63, 3.8) is 0 Å². The van der Waals surface area contributed by atoms with E-state index < -0.39 is 54.3 Å². The number of amides is 2. The average molecular weight is 328 g/mol. The summed E-state index contributed by atoms with van der Waals surface area (Å²) in [5.41, 5.74) is -1.39. The molecule has 1 heterocycles. The Morgan fingerprint density at radius 2 is 1.96 bits per heavy atom. The molecule has 1 aromatic rings. The molecular formula is C12H16N4O7. The summed E-state index contributed by atoms with van der Waals surface area (Å²) in [5, 5.41) is 22.2. The standard InChI is InChI=1S/C12H16N4O7/c1-6(17)10(11(21)22)14-8(19)4-13-9(20)5-16-3-2-7(18)15-12(16)23/h2-3,6,10,17H,4-5H2,1H3,(H,13,20)(H,14,19)(H,21,22)(H,15,18,23)/t6?,10-/m0/s1. The summed E-state index contributed by atoms with van der Waals surface area (Å²) >= 11 is 0. The number of carbonyl (C=O) groups is 3. The van der Waals surface area contributed by atoms with E-state index >= 15 is 0 Å². The number of aromatic nitrogens is 2. The minimum Gasteiger partial charge on any atom is -0.480 e. The Hall–Kier alpha value is -2.95. The molecule has 1 aromatic heterocycles. The largest absolute Gasteiger partial charge is 0.480 e. The number of rotatable bonds is 7. The number of aliphatic hydroxyl groups excluding tert-OH is 1. The van der Waals surface area contributed by atoms with E-state index in [-0.39, 0.29) is 0 Å². The van der Waals surface area contributed by atoms with Crippen LogP contribution in [0.25, 0.3) is 0 Å². The van der Waals surface area contributed by atoms with Crippen LogP contribution in [0.4, 0.5) is 0 Å². The van der Waals surface area contributed by atoms with Crippen molar-refractivity contribution in [2.45, 2.75) is 25.6 Å². The third-order valence-corrected chi connectivity index (χ3v) is 2.72. The molecule has 11 nitrogen and oxygen atoms in total. The van der Waals surface area contributed by atoms with E-state index in [9.17, 15) is 29.1 Å². The SMILES string of the molecule is CC(O)[C@H](NC(=O)CNC(=O)Cn1ccc(=O)[nH]c1=O)C(=O)O. The van der Waals surface area contributed by atoms with Gasteiger partial charge in [-0.05, 0) is 6.92 Å². The van der Waals surface area contributed by atoms with Crippen LogP contribution >= 0.6 is 0 Å². The zero-order valence-corrected chi connectivity index (χ0v) is 12.1. The highest BCUT2D eigenvalue weighted by Crippen LogP contribution is 1.92. The average Bonchev–Trinajstić information content (AvgIpc) is 2.45. The van der Waals surface area contributed by atoms with Gasteiger partial charge in [-0.2, -0.15) is 0 Å². The number of nitrogens with zero attached hydrogens (tertiary/aromatic N) is 1. The lowest BCUT2D eigenvalue weighted by Crippen LogP contribution is -2.50. The maximum absolute atomic E-state index is 11.6. The third-order valence-electron chi connectivity index (χ3n) is 2.72. The predicted molar refractivity (Wildman–Crippen MR) is 75.6 cm³/mol. The van der Waals surface area contributed by atoms with E-state index in [1.165, 1.54) is 6.92 Å². The molecule has 0 saturated carbocycles. The zero-order valence-electron chi connectivity index (χ0n) is 12.1. The van der Waals surface area contributed by atoms with Gasteiger partial charge in [0.15, 0.2) is 6.04 Å². The Morgan fingerprint density at radius 1 is 1.30 bits per heavy atom. The number of H-pyrrole nitrogens is 1. The summed E-state index contributed by atoms with van der Waals surface area (Å²) in [6.07, 6.45) is -0.193. The van der Waals surface area contributed by atoms with Gasteiger partial charge in [0.1, 0.15) is 6.54 Å². The summed E-state index contributed by atoms with van der Waals surface area (Å²) in [7, 11) is 0. The monoisotopic (exact) mass is 328 g/mol. The number of aliphatic carboxylic acids is 1. The molecule has 1 unspecified atom stereocenters. The molecule has 23 heavy (non-hydrogen) atoms. The topological polar surface area (TPSA) is 171 Å². The Morgan fingerprint density at radius 3 is 2.48 bits per heavy atom. The minimum atomic E-state index is -1.50. The van der Waals surface area contributed by atoms with Crippen molar-refractivity contribution >= 4 is 17.8 Å². The number of carboxylic acid groups (broad SMARTS) is 1. The Labute approximate surface area is 128 Å². The smallest absolute Gasteiger partial charge is 0.328 e. The number of hydrogen-bond donors (Lipinski definition) is 5. The molecule has 0 aliphatic carbocycles. The van der Waals surface area contributed by atoms with Crippen LogP contribution in [0, 0.1) is 0 Å². The van der Waals surface area contributed by atoms with Gasteiger partial charge < -0.3 is 20.8 Å². The van der Waals surface area contributed by atoms with Gasteiger partial charge in [0.25, 0.3) is 5.56 Å². The van der Waals surface area contributed by atoms with Gasteiger partial charge in [0, 0.05) is 12.3 Å². The van der Waals surface area contributed by atoms with E-state index in [0.29, 0.717) is 0 Å². The van der Waals surface area contributed by atoms with E-state index in [1.54, 1.807) is 0 Å². The number of carbonyl (C=O) groups excluding carboxylic acids is 2. The van der Waals surface area contributed by atoms with Crippen molar-refractivity contribution in [3.8, 4) is 0 Å². The Bertz CT molecular complexity index is 706. The predicted octanol–water partition coefficient (Wildman–Crippen LogP) is -3.40. The highest BCUT2D eigenvalue weighted by atomic mass is 16.4. The first kappa shape index (κ1) is 18.1. The molecule has 11 heteroatoms. The fourth-order valence-corrected chi connectivity index (χ4v) is 1.57. The molecule has 0 saturated heterocycles. The molecule has 5 N–H and O–H groups in total. The summed E-state index contributed by atoms with van der Waals surface area (Å²) in [6, 6.07) is -0.442. The first-order chi connectivity index (χ1) is 10.7. The van der Waals surface area contributed by atoms with Crippen LogP contribution in [-0.4, -0.2) is 56.2 Å². The van der Waals surface area contributed by atoms with Gasteiger partial charge in [-0.15, -0.1) is 0 Å². The Balaban J connectivity index is 2.52. The quantitative estimate of drug-likeness (QED) is 0.347. The third kappa shape index (κ3) is 5.74. The summed E-state index contributed by atoms with van der Waals surface area (Å²) in [4.78, 5) is 58.1. The number of nitrogens with one attached hydrogen (secondary N) is 3. The molecule has 126 valence electrons. The number of hydrogen-bond acceptors (Lipinski definition) is 6. The Kier molecular flexibility index (Phi) is 6.21. The summed E-state index contributed by atoms with van der Waals surface area (Å²) < 4.78 is 0.921. The molecule has 0 bridgehead atoms. The molecule has 2 atom stereocenters. The van der Waals surface area contributed by atoms with Crippen molar-refractivity contribution in [2.24, 2.45) is 0 Å². The van der Waals surface area contributed by atoms with Crippen LogP contribution in [0.2, 0.25) is 0 Å². The molecule has 0 aliphatic heterocycles. The summed E-state index contributed by atoms with van der Waals surface area (Å²) in [5.74, 6) is -2.93. The molecule has 1 rings (SSSR count). The minimum absolute atomic E-state index is 0.429. The second-order valence-corrected chi connectivity index (χ2v) is 4.64. The van der Waals surface area contributed by atoms with Crippen molar-refractivity contribution in [1.82, 2.24) is 20.2 Å². The van der Waals surface area contributed by atoms with Gasteiger partial charge in [-0.1, -0.05) is 0 Å². The number of aromatic amines is 1. The lowest BCUT2D eigenvalue weighted by molar-refractivity contribution is -0.144. The van der Waals surface area contributed by atoms with Crippen LogP contribution < -0.4 is 21.9 Å². The van der Waals surface area contributed by atoms with Crippen LogP contribution in [0.5, 0.6) is 0 Å². The molecule has 0 spiro atoms. The van der Waals surface area contributed by atoms with Gasteiger partial charge in [0.05, 0.1) is 12.6 Å². The molecule has 2 amide bonds. The van der Waals surface area contributed by atoms with Gasteiger partial charge in [-0.3, -0.25) is 23.9 Å². The normalized spacial score (nSPS) is 13.0.